The first kappa shape index (κ1) is 13.5. The Hall–Kier alpha value is -1.88. The summed E-state index contributed by atoms with van der Waals surface area (Å²) in [6.45, 7) is 1.61. The molecule has 0 fully saturated rings. The number of anilines is 1. The number of aliphatic hydroxyl groups excluding tert-OH is 1. The van der Waals surface area contributed by atoms with Crippen molar-refractivity contribution in [3.05, 3.63) is 29.3 Å². The molecule has 5 heteroatoms. The van der Waals surface area contributed by atoms with Crippen molar-refractivity contribution in [1.29, 1.82) is 0 Å². The molecule has 0 aliphatic heterocycles. The standard InChI is InChI=1S/C14H18N2O3/c1-9(17)8-15-13(18)14(19)16-12-6-5-10-3-2-4-11(10)7-12/h5-7,9,17H,2-4,8H2,1H3,(H,15,18)(H,16,19)/t9-/m1/s1. The van der Waals surface area contributed by atoms with Crippen molar-refractivity contribution < 1.29 is 14.7 Å². The number of fused-ring (bicyclic) bond motifs is 1. The average Bonchev–Trinajstić information content (AvgIpc) is 2.83. The summed E-state index contributed by atoms with van der Waals surface area (Å²) in [5.41, 5.74) is 3.19. The van der Waals surface area contributed by atoms with Gasteiger partial charge in [0.2, 0.25) is 0 Å². The molecule has 0 saturated carbocycles. The lowest BCUT2D eigenvalue weighted by molar-refractivity contribution is -0.136. The van der Waals surface area contributed by atoms with Gasteiger partial charge in [-0.1, -0.05) is 6.07 Å². The van der Waals surface area contributed by atoms with E-state index < -0.39 is 17.9 Å². The summed E-state index contributed by atoms with van der Waals surface area (Å²) in [5.74, 6) is -1.44. The van der Waals surface area contributed by atoms with Gasteiger partial charge >= 0.3 is 11.8 Å². The normalized spacial score (nSPS) is 14.6. The molecular formula is C14H18N2O3. The van der Waals surface area contributed by atoms with Gasteiger partial charge in [0, 0.05) is 12.2 Å². The highest BCUT2D eigenvalue weighted by Crippen LogP contribution is 2.24. The summed E-state index contributed by atoms with van der Waals surface area (Å²) < 4.78 is 0. The Balaban J connectivity index is 1.93. The molecule has 1 aromatic carbocycles. The SMILES string of the molecule is C[C@@H](O)CNC(=O)C(=O)Nc1ccc2c(c1)CCC2. The summed E-state index contributed by atoms with van der Waals surface area (Å²) in [7, 11) is 0. The van der Waals surface area contributed by atoms with Crippen LogP contribution >= 0.6 is 0 Å². The molecule has 102 valence electrons. The van der Waals surface area contributed by atoms with Crippen LogP contribution in [0.2, 0.25) is 0 Å². The zero-order chi connectivity index (χ0) is 13.8. The average molecular weight is 262 g/mol. The number of benzene rings is 1. The molecule has 0 bridgehead atoms. The van der Waals surface area contributed by atoms with Crippen LogP contribution in [0.5, 0.6) is 0 Å². The van der Waals surface area contributed by atoms with Crippen LogP contribution in [0.15, 0.2) is 18.2 Å². The van der Waals surface area contributed by atoms with Crippen molar-refractivity contribution in [3.8, 4) is 0 Å². The maximum Gasteiger partial charge on any atom is 0.313 e. The van der Waals surface area contributed by atoms with Gasteiger partial charge < -0.3 is 15.7 Å². The van der Waals surface area contributed by atoms with Gasteiger partial charge in [-0.25, -0.2) is 0 Å². The first-order valence-corrected chi connectivity index (χ1v) is 6.45. The van der Waals surface area contributed by atoms with Crippen LogP contribution in [0.25, 0.3) is 0 Å². The van der Waals surface area contributed by atoms with Gasteiger partial charge in [0.05, 0.1) is 6.10 Å². The number of aliphatic hydroxyl groups is 1. The predicted molar refractivity (Wildman–Crippen MR) is 71.8 cm³/mol. The van der Waals surface area contributed by atoms with Crippen molar-refractivity contribution in [3.63, 3.8) is 0 Å². The second-order valence-electron chi connectivity index (χ2n) is 4.85. The quantitative estimate of drug-likeness (QED) is 0.698. The molecule has 0 unspecified atom stereocenters. The third-order valence-corrected chi connectivity index (χ3v) is 3.12. The van der Waals surface area contributed by atoms with E-state index in [-0.39, 0.29) is 6.54 Å². The van der Waals surface area contributed by atoms with Crippen molar-refractivity contribution >= 4 is 17.5 Å². The highest BCUT2D eigenvalue weighted by atomic mass is 16.3. The highest BCUT2D eigenvalue weighted by molar-refractivity contribution is 6.39. The second-order valence-corrected chi connectivity index (χ2v) is 4.85. The van der Waals surface area contributed by atoms with E-state index in [2.05, 4.69) is 10.6 Å². The van der Waals surface area contributed by atoms with E-state index >= 15 is 0 Å². The van der Waals surface area contributed by atoms with E-state index in [0.29, 0.717) is 5.69 Å². The smallest absolute Gasteiger partial charge is 0.313 e. The molecule has 0 saturated heterocycles. The van der Waals surface area contributed by atoms with Crippen molar-refractivity contribution in [2.24, 2.45) is 0 Å². The van der Waals surface area contributed by atoms with Gasteiger partial charge in [-0.3, -0.25) is 9.59 Å². The topological polar surface area (TPSA) is 78.4 Å². The molecular weight excluding hydrogens is 244 g/mol. The number of carbonyl (C=O) groups excluding carboxylic acids is 2. The van der Waals surface area contributed by atoms with Crippen LogP contribution in [0.1, 0.15) is 24.5 Å². The van der Waals surface area contributed by atoms with Crippen molar-refractivity contribution in [2.75, 3.05) is 11.9 Å². The van der Waals surface area contributed by atoms with E-state index in [1.165, 1.54) is 11.1 Å². The summed E-state index contributed by atoms with van der Waals surface area (Å²) in [4.78, 5) is 23.1. The highest BCUT2D eigenvalue weighted by Gasteiger charge is 2.16. The summed E-state index contributed by atoms with van der Waals surface area (Å²) in [6, 6.07) is 5.72. The minimum atomic E-state index is -0.735. The van der Waals surface area contributed by atoms with Gasteiger partial charge in [-0.2, -0.15) is 0 Å². The Morgan fingerprint density at radius 1 is 1.26 bits per heavy atom. The van der Waals surface area contributed by atoms with E-state index in [4.69, 9.17) is 5.11 Å². The number of hydrogen-bond donors (Lipinski definition) is 3. The lowest BCUT2D eigenvalue weighted by atomic mass is 10.1. The molecule has 1 aromatic rings. The Kier molecular flexibility index (Phi) is 4.16. The van der Waals surface area contributed by atoms with Gasteiger partial charge in [0.15, 0.2) is 0 Å². The van der Waals surface area contributed by atoms with Gasteiger partial charge in [0.1, 0.15) is 0 Å². The molecule has 2 rings (SSSR count). The lowest BCUT2D eigenvalue weighted by Crippen LogP contribution is -2.38. The zero-order valence-electron chi connectivity index (χ0n) is 10.9. The van der Waals surface area contributed by atoms with Gasteiger partial charge in [-0.05, 0) is 49.4 Å². The maximum atomic E-state index is 11.6. The first-order chi connectivity index (χ1) is 9.06. The zero-order valence-corrected chi connectivity index (χ0v) is 10.9. The molecule has 0 radical (unpaired) electrons. The van der Waals surface area contributed by atoms with Crippen LogP contribution < -0.4 is 10.6 Å². The first-order valence-electron chi connectivity index (χ1n) is 6.45. The fourth-order valence-electron chi connectivity index (χ4n) is 2.16. The summed E-state index contributed by atoms with van der Waals surface area (Å²) in [6.07, 6.45) is 2.57. The molecule has 3 N–H and O–H groups in total. The van der Waals surface area contributed by atoms with Crippen molar-refractivity contribution in [2.45, 2.75) is 32.3 Å². The minimum absolute atomic E-state index is 0.0659. The monoisotopic (exact) mass is 262 g/mol. The third-order valence-electron chi connectivity index (χ3n) is 3.12. The molecule has 0 aromatic heterocycles. The Morgan fingerprint density at radius 2 is 2.00 bits per heavy atom. The maximum absolute atomic E-state index is 11.6. The van der Waals surface area contributed by atoms with E-state index in [0.717, 1.165) is 19.3 Å². The fourth-order valence-corrected chi connectivity index (χ4v) is 2.16. The van der Waals surface area contributed by atoms with Crippen LogP contribution in [-0.2, 0) is 22.4 Å². The minimum Gasteiger partial charge on any atom is -0.392 e. The molecule has 19 heavy (non-hydrogen) atoms. The Morgan fingerprint density at radius 3 is 2.74 bits per heavy atom. The van der Waals surface area contributed by atoms with Crippen LogP contribution in [0.3, 0.4) is 0 Å². The van der Waals surface area contributed by atoms with Gasteiger partial charge in [0.25, 0.3) is 0 Å². The second kappa shape index (κ2) is 5.84. The molecule has 1 aliphatic carbocycles. The van der Waals surface area contributed by atoms with E-state index in [1.54, 1.807) is 6.92 Å². The largest absolute Gasteiger partial charge is 0.392 e. The molecule has 1 aliphatic rings. The summed E-state index contributed by atoms with van der Waals surface area (Å²) >= 11 is 0. The molecule has 2 amide bonds. The Bertz CT molecular complexity index is 497. The fraction of sp³-hybridized carbons (Fsp3) is 0.429. The lowest BCUT2D eigenvalue weighted by Gasteiger charge is -2.09. The molecule has 1 atom stereocenters. The third kappa shape index (κ3) is 3.54. The number of carbonyl (C=O) groups is 2. The Labute approximate surface area is 112 Å². The van der Waals surface area contributed by atoms with Crippen LogP contribution in [0.4, 0.5) is 5.69 Å². The number of hydrogen-bond acceptors (Lipinski definition) is 3. The van der Waals surface area contributed by atoms with E-state index in [9.17, 15) is 9.59 Å². The van der Waals surface area contributed by atoms with Gasteiger partial charge in [-0.15, -0.1) is 0 Å². The van der Waals surface area contributed by atoms with Crippen molar-refractivity contribution in [1.82, 2.24) is 5.32 Å². The number of amides is 2. The number of nitrogens with one attached hydrogen (secondary N) is 2. The molecule has 5 nitrogen and oxygen atoms in total. The predicted octanol–water partition coefficient (Wildman–Crippen LogP) is 0.611. The van der Waals surface area contributed by atoms with Crippen LogP contribution in [0, 0.1) is 0 Å². The van der Waals surface area contributed by atoms with Crippen LogP contribution in [-0.4, -0.2) is 29.6 Å². The molecule has 0 heterocycles. The number of rotatable bonds is 3. The molecule has 0 spiro atoms. The van der Waals surface area contributed by atoms with E-state index in [1.807, 2.05) is 18.2 Å². The summed E-state index contributed by atoms with van der Waals surface area (Å²) in [5, 5.41) is 13.9. The number of aryl methyl sites for hydroxylation is 2.